The highest BCUT2D eigenvalue weighted by Gasteiger charge is 2.38. The Bertz CT molecular complexity index is 910. The first-order valence-corrected chi connectivity index (χ1v) is 10.6. The van der Waals surface area contributed by atoms with Gasteiger partial charge in [0.25, 0.3) is 5.91 Å². The van der Waals surface area contributed by atoms with E-state index >= 15 is 0 Å². The van der Waals surface area contributed by atoms with Gasteiger partial charge in [-0.3, -0.25) is 4.79 Å². The van der Waals surface area contributed by atoms with Crippen molar-refractivity contribution in [1.82, 2.24) is 15.5 Å². The van der Waals surface area contributed by atoms with Crippen LogP contribution in [0.15, 0.2) is 34.9 Å². The van der Waals surface area contributed by atoms with Crippen LogP contribution in [0.2, 0.25) is 0 Å². The number of nitrogens with one attached hydrogen (secondary N) is 2. The van der Waals surface area contributed by atoms with Crippen molar-refractivity contribution in [2.75, 3.05) is 20.8 Å². The van der Waals surface area contributed by atoms with E-state index in [9.17, 15) is 9.59 Å². The quantitative estimate of drug-likeness (QED) is 0.702. The number of methoxy groups -OCH3 is 2. The second-order valence-corrected chi connectivity index (χ2v) is 7.86. The normalized spacial score (nSPS) is 16.5. The minimum Gasteiger partial charge on any atom is -0.493 e. The predicted octanol–water partition coefficient (Wildman–Crippen LogP) is 3.52. The second-order valence-electron chi connectivity index (χ2n) is 7.86. The number of rotatable bonds is 7. The van der Waals surface area contributed by atoms with Gasteiger partial charge in [0.1, 0.15) is 0 Å². The van der Waals surface area contributed by atoms with Gasteiger partial charge in [0.2, 0.25) is 0 Å². The molecule has 0 fully saturated rings. The fourth-order valence-corrected chi connectivity index (χ4v) is 4.02. The third-order valence-corrected chi connectivity index (χ3v) is 5.48. The zero-order chi connectivity index (χ0) is 22.5. The van der Waals surface area contributed by atoms with E-state index in [0.29, 0.717) is 30.9 Å². The molecule has 3 rings (SSSR count). The number of carbonyl (C=O) groups is 2. The lowest BCUT2D eigenvalue weighted by molar-refractivity contribution is 0.0860. The van der Waals surface area contributed by atoms with Crippen LogP contribution < -0.4 is 20.1 Å². The van der Waals surface area contributed by atoms with Gasteiger partial charge < -0.3 is 29.4 Å². The van der Waals surface area contributed by atoms with Crippen molar-refractivity contribution in [2.45, 2.75) is 51.7 Å². The molecule has 1 aromatic carbocycles. The maximum Gasteiger partial charge on any atom is 0.318 e. The largest absolute Gasteiger partial charge is 0.493 e. The molecule has 168 valence electrons. The Morgan fingerprint density at radius 1 is 1.19 bits per heavy atom. The van der Waals surface area contributed by atoms with Crippen molar-refractivity contribution >= 4 is 11.9 Å². The molecule has 2 heterocycles. The summed E-state index contributed by atoms with van der Waals surface area (Å²) in [6.45, 7) is 6.36. The molecule has 0 saturated heterocycles. The molecule has 0 bridgehead atoms. The molecule has 31 heavy (non-hydrogen) atoms. The molecular formula is C23H31N3O5. The van der Waals surface area contributed by atoms with Crippen molar-refractivity contribution in [1.29, 1.82) is 0 Å². The van der Waals surface area contributed by atoms with Gasteiger partial charge in [-0.15, -0.1) is 0 Å². The number of hydrogen-bond acceptors (Lipinski definition) is 5. The van der Waals surface area contributed by atoms with Gasteiger partial charge in [0.05, 0.1) is 32.6 Å². The van der Waals surface area contributed by atoms with E-state index in [4.69, 9.17) is 13.9 Å². The molecule has 1 aromatic heterocycles. The Morgan fingerprint density at radius 2 is 1.90 bits per heavy atom. The van der Waals surface area contributed by atoms with Crippen LogP contribution in [0.4, 0.5) is 4.79 Å². The zero-order valence-electron chi connectivity index (χ0n) is 18.7. The predicted molar refractivity (Wildman–Crippen MR) is 117 cm³/mol. The van der Waals surface area contributed by atoms with E-state index < -0.39 is 0 Å². The van der Waals surface area contributed by atoms with Gasteiger partial charge in [-0.1, -0.05) is 6.92 Å². The summed E-state index contributed by atoms with van der Waals surface area (Å²) in [5, 5.41) is 6.04. The number of fused-ring (bicyclic) bond motifs is 1. The number of hydrogen-bond donors (Lipinski definition) is 2. The summed E-state index contributed by atoms with van der Waals surface area (Å²) in [6, 6.07) is 6.30. The van der Waals surface area contributed by atoms with Crippen molar-refractivity contribution in [3.8, 4) is 11.5 Å². The molecule has 2 N–H and O–H groups in total. The van der Waals surface area contributed by atoms with Gasteiger partial charge in [-0.05, 0) is 62.1 Å². The fraction of sp³-hybridized carbons (Fsp3) is 0.478. The van der Waals surface area contributed by atoms with E-state index in [0.717, 1.165) is 11.1 Å². The SMILES string of the molecule is CCC(NC(=O)c1ccco1)C1c2cc(OC)c(OC)cc2CCN1C(=O)NC(C)C. The summed E-state index contributed by atoms with van der Waals surface area (Å²) < 4.78 is 16.2. The first-order chi connectivity index (χ1) is 14.9. The smallest absolute Gasteiger partial charge is 0.318 e. The Hall–Kier alpha value is -3.16. The van der Waals surface area contributed by atoms with Crippen LogP contribution >= 0.6 is 0 Å². The van der Waals surface area contributed by atoms with E-state index in [1.54, 1.807) is 31.3 Å². The van der Waals surface area contributed by atoms with Crippen molar-refractivity contribution in [3.05, 3.63) is 47.4 Å². The van der Waals surface area contributed by atoms with Gasteiger partial charge >= 0.3 is 6.03 Å². The van der Waals surface area contributed by atoms with Crippen molar-refractivity contribution < 1.29 is 23.5 Å². The lowest BCUT2D eigenvalue weighted by Crippen LogP contribution is -2.54. The molecule has 8 nitrogen and oxygen atoms in total. The molecule has 0 saturated carbocycles. The highest BCUT2D eigenvalue weighted by molar-refractivity contribution is 5.91. The summed E-state index contributed by atoms with van der Waals surface area (Å²) >= 11 is 0. The molecule has 2 atom stereocenters. The summed E-state index contributed by atoms with van der Waals surface area (Å²) in [5.41, 5.74) is 2.01. The van der Waals surface area contributed by atoms with Gasteiger partial charge in [0.15, 0.2) is 17.3 Å². The average Bonchev–Trinajstić information content (AvgIpc) is 3.30. The second kappa shape index (κ2) is 9.76. The van der Waals surface area contributed by atoms with Gasteiger partial charge in [0, 0.05) is 12.6 Å². The molecule has 0 aliphatic carbocycles. The van der Waals surface area contributed by atoms with Crippen LogP contribution in [0.25, 0.3) is 0 Å². The first-order valence-electron chi connectivity index (χ1n) is 10.6. The number of amides is 3. The first kappa shape index (κ1) is 22.5. The van der Waals surface area contributed by atoms with E-state index in [1.165, 1.54) is 6.26 Å². The summed E-state index contributed by atoms with van der Waals surface area (Å²) in [7, 11) is 3.19. The number of furan rings is 1. The number of ether oxygens (including phenoxy) is 2. The highest BCUT2D eigenvalue weighted by atomic mass is 16.5. The van der Waals surface area contributed by atoms with E-state index in [1.807, 2.05) is 32.9 Å². The highest BCUT2D eigenvalue weighted by Crippen LogP contribution is 2.40. The van der Waals surface area contributed by atoms with Gasteiger partial charge in [-0.2, -0.15) is 0 Å². The van der Waals surface area contributed by atoms with Crippen LogP contribution in [-0.4, -0.2) is 49.7 Å². The molecule has 0 spiro atoms. The van der Waals surface area contributed by atoms with E-state index in [-0.39, 0.29) is 35.8 Å². The maximum atomic E-state index is 13.1. The summed E-state index contributed by atoms with van der Waals surface area (Å²) in [4.78, 5) is 27.6. The average molecular weight is 430 g/mol. The molecule has 1 aliphatic rings. The molecule has 1 aliphatic heterocycles. The summed E-state index contributed by atoms with van der Waals surface area (Å²) in [6.07, 6.45) is 2.77. The molecular weight excluding hydrogens is 398 g/mol. The van der Waals surface area contributed by atoms with Crippen LogP contribution in [0.3, 0.4) is 0 Å². The Kier molecular flexibility index (Phi) is 7.09. The molecule has 8 heteroatoms. The lowest BCUT2D eigenvalue weighted by Gasteiger charge is -2.42. The van der Waals surface area contributed by atoms with Crippen LogP contribution in [-0.2, 0) is 6.42 Å². The standard InChI is InChI=1S/C23H31N3O5/c1-6-17(25-22(27)18-8-7-11-31-18)21-16-13-20(30-5)19(29-4)12-15(16)9-10-26(21)23(28)24-14(2)3/h7-8,11-14,17,21H,6,9-10H2,1-5H3,(H,24,28)(H,25,27). The van der Waals surface area contributed by atoms with Crippen LogP contribution in [0, 0.1) is 0 Å². The minimum absolute atomic E-state index is 0.00210. The monoisotopic (exact) mass is 429 g/mol. The molecule has 0 radical (unpaired) electrons. The Labute approximate surface area is 182 Å². The van der Waals surface area contributed by atoms with Gasteiger partial charge in [-0.25, -0.2) is 4.79 Å². The third kappa shape index (κ3) is 4.78. The lowest BCUT2D eigenvalue weighted by atomic mass is 9.86. The van der Waals surface area contributed by atoms with Crippen LogP contribution in [0.1, 0.15) is 54.9 Å². The molecule has 3 amide bonds. The third-order valence-electron chi connectivity index (χ3n) is 5.48. The topological polar surface area (TPSA) is 93.0 Å². The number of nitrogens with zero attached hydrogens (tertiary/aromatic N) is 1. The zero-order valence-corrected chi connectivity index (χ0v) is 18.7. The minimum atomic E-state index is -0.369. The number of carbonyl (C=O) groups excluding carboxylic acids is 2. The Morgan fingerprint density at radius 3 is 2.48 bits per heavy atom. The van der Waals surface area contributed by atoms with Crippen LogP contribution in [0.5, 0.6) is 11.5 Å². The maximum absolute atomic E-state index is 13.1. The van der Waals surface area contributed by atoms with Crippen molar-refractivity contribution in [3.63, 3.8) is 0 Å². The summed E-state index contributed by atoms with van der Waals surface area (Å²) in [5.74, 6) is 1.16. The fourth-order valence-electron chi connectivity index (χ4n) is 4.02. The van der Waals surface area contributed by atoms with E-state index in [2.05, 4.69) is 10.6 Å². The molecule has 2 aromatic rings. The number of benzene rings is 1. The Balaban J connectivity index is 2.03. The molecule has 2 unspecified atom stereocenters. The number of urea groups is 1. The van der Waals surface area contributed by atoms with Crippen molar-refractivity contribution in [2.24, 2.45) is 0 Å².